The molecule has 1 N–H and O–H groups in total. The maximum atomic E-state index is 10.8. The molecule has 0 radical (unpaired) electrons. The fourth-order valence-corrected chi connectivity index (χ4v) is 1.77. The highest BCUT2D eigenvalue weighted by molar-refractivity contribution is 7.15. The van der Waals surface area contributed by atoms with Crippen LogP contribution in [-0.2, 0) is 9.53 Å². The van der Waals surface area contributed by atoms with E-state index in [2.05, 4.69) is 4.74 Å². The van der Waals surface area contributed by atoms with Gasteiger partial charge in [0.1, 0.15) is 0 Å². The molecule has 0 aromatic carbocycles. The summed E-state index contributed by atoms with van der Waals surface area (Å²) in [5.41, 5.74) is 0. The summed E-state index contributed by atoms with van der Waals surface area (Å²) in [5.74, 6) is -0.557. The molecule has 0 aliphatic heterocycles. The van der Waals surface area contributed by atoms with Gasteiger partial charge >= 0.3 is 11.0 Å². The molecule has 0 bridgehead atoms. The first-order valence-corrected chi connectivity index (χ1v) is 4.85. The molecular formula is C8H9NO5S. The lowest BCUT2D eigenvalue weighted by molar-refractivity contribution is -0.380. The Bertz CT molecular complexity index is 375. The Morgan fingerprint density at radius 3 is 2.87 bits per heavy atom. The molecule has 1 aromatic heterocycles. The summed E-state index contributed by atoms with van der Waals surface area (Å²) in [5, 5.41) is 19.8. The van der Waals surface area contributed by atoms with Gasteiger partial charge in [-0.15, -0.1) is 0 Å². The van der Waals surface area contributed by atoms with Gasteiger partial charge in [0, 0.05) is 10.9 Å². The second-order valence-electron chi connectivity index (χ2n) is 2.73. The lowest BCUT2D eigenvalue weighted by Crippen LogP contribution is -2.06. The smallest absolute Gasteiger partial charge is 0.324 e. The van der Waals surface area contributed by atoms with E-state index in [1.54, 1.807) is 0 Å². The number of methoxy groups -OCH3 is 1. The van der Waals surface area contributed by atoms with Gasteiger partial charge in [-0.2, -0.15) is 0 Å². The molecule has 0 spiro atoms. The van der Waals surface area contributed by atoms with E-state index >= 15 is 0 Å². The number of hydrogen-bond donors (Lipinski definition) is 1. The van der Waals surface area contributed by atoms with Crippen molar-refractivity contribution in [3.05, 3.63) is 27.1 Å². The van der Waals surface area contributed by atoms with E-state index in [9.17, 15) is 20.0 Å². The average molecular weight is 231 g/mol. The summed E-state index contributed by atoms with van der Waals surface area (Å²) in [4.78, 5) is 21.0. The Kier molecular flexibility index (Phi) is 3.75. The van der Waals surface area contributed by atoms with Gasteiger partial charge in [0.25, 0.3) is 0 Å². The van der Waals surface area contributed by atoms with Crippen molar-refractivity contribution in [1.29, 1.82) is 0 Å². The normalized spacial score (nSPS) is 12.1. The van der Waals surface area contributed by atoms with Crippen LogP contribution >= 0.6 is 11.3 Å². The van der Waals surface area contributed by atoms with Gasteiger partial charge in [0.05, 0.1) is 24.6 Å². The molecule has 15 heavy (non-hydrogen) atoms. The number of nitro groups is 1. The first-order valence-electron chi connectivity index (χ1n) is 4.03. The summed E-state index contributed by atoms with van der Waals surface area (Å²) in [7, 11) is 1.21. The Balaban J connectivity index is 2.69. The second kappa shape index (κ2) is 4.85. The van der Waals surface area contributed by atoms with Crippen LogP contribution in [0, 0.1) is 10.1 Å². The number of rotatable bonds is 4. The largest absolute Gasteiger partial charge is 0.469 e. The van der Waals surface area contributed by atoms with Crippen LogP contribution in [0.25, 0.3) is 0 Å². The minimum atomic E-state index is -1.05. The van der Waals surface area contributed by atoms with Crippen LogP contribution in [0.5, 0.6) is 0 Å². The van der Waals surface area contributed by atoms with Gasteiger partial charge in [-0.05, 0) is 6.07 Å². The Morgan fingerprint density at radius 1 is 1.73 bits per heavy atom. The van der Waals surface area contributed by atoms with E-state index in [1.165, 1.54) is 19.2 Å². The lowest BCUT2D eigenvalue weighted by Gasteiger charge is -2.05. The fraction of sp³-hybridized carbons (Fsp3) is 0.375. The summed E-state index contributed by atoms with van der Waals surface area (Å²) in [6, 6.07) is 2.72. The van der Waals surface area contributed by atoms with E-state index in [4.69, 9.17) is 0 Å². The van der Waals surface area contributed by atoms with Crippen LogP contribution in [0.1, 0.15) is 17.4 Å². The Labute approximate surface area is 89.3 Å². The molecule has 0 saturated heterocycles. The Morgan fingerprint density at radius 2 is 2.40 bits per heavy atom. The third kappa shape index (κ3) is 3.00. The number of hydrogen-bond acceptors (Lipinski definition) is 6. The van der Waals surface area contributed by atoms with Gasteiger partial charge < -0.3 is 9.84 Å². The predicted molar refractivity (Wildman–Crippen MR) is 52.6 cm³/mol. The second-order valence-corrected chi connectivity index (χ2v) is 3.82. The minimum Gasteiger partial charge on any atom is -0.469 e. The molecule has 0 aliphatic carbocycles. The van der Waals surface area contributed by atoms with Crippen molar-refractivity contribution in [3.8, 4) is 0 Å². The Hall–Kier alpha value is -1.47. The van der Waals surface area contributed by atoms with Gasteiger partial charge in [-0.25, -0.2) is 0 Å². The van der Waals surface area contributed by atoms with Gasteiger partial charge in [0.2, 0.25) is 0 Å². The topological polar surface area (TPSA) is 89.7 Å². The van der Waals surface area contributed by atoms with Crippen molar-refractivity contribution < 1.29 is 19.6 Å². The third-order valence-electron chi connectivity index (χ3n) is 1.71. The number of carbonyl (C=O) groups is 1. The molecule has 82 valence electrons. The van der Waals surface area contributed by atoms with Crippen molar-refractivity contribution in [3.63, 3.8) is 0 Å². The SMILES string of the molecule is COC(=O)C[C@@H](O)c1ccc([N+](=O)[O-])s1. The molecular weight excluding hydrogens is 222 g/mol. The minimum absolute atomic E-state index is 0.0612. The zero-order valence-corrected chi connectivity index (χ0v) is 8.69. The van der Waals surface area contributed by atoms with Crippen molar-refractivity contribution in [2.75, 3.05) is 7.11 Å². The number of esters is 1. The zero-order valence-electron chi connectivity index (χ0n) is 7.87. The molecule has 1 heterocycles. The van der Waals surface area contributed by atoms with E-state index in [-0.39, 0.29) is 11.4 Å². The highest BCUT2D eigenvalue weighted by Gasteiger charge is 2.18. The molecule has 7 heteroatoms. The first kappa shape index (κ1) is 11.6. The number of ether oxygens (including phenoxy) is 1. The standard InChI is InChI=1S/C8H9NO5S/c1-14-8(11)4-5(10)6-2-3-7(15-6)9(12)13/h2-3,5,10H,4H2,1H3/t5-/m1/s1. The van der Waals surface area contributed by atoms with E-state index in [0.29, 0.717) is 4.88 Å². The van der Waals surface area contributed by atoms with Crippen LogP contribution < -0.4 is 0 Å². The average Bonchev–Trinajstić information content (AvgIpc) is 2.66. The van der Waals surface area contributed by atoms with Crippen LogP contribution in [0.2, 0.25) is 0 Å². The number of nitrogens with zero attached hydrogens (tertiary/aromatic N) is 1. The summed E-state index contributed by atoms with van der Waals surface area (Å²) >= 11 is 0.845. The summed E-state index contributed by atoms with van der Waals surface area (Å²) in [6.45, 7) is 0. The molecule has 1 aromatic rings. The van der Waals surface area contributed by atoms with Crippen LogP contribution in [0.3, 0.4) is 0 Å². The van der Waals surface area contributed by atoms with Crippen molar-refractivity contribution in [2.45, 2.75) is 12.5 Å². The molecule has 0 fully saturated rings. The van der Waals surface area contributed by atoms with Crippen molar-refractivity contribution >= 4 is 22.3 Å². The van der Waals surface area contributed by atoms with Gasteiger partial charge in [-0.3, -0.25) is 14.9 Å². The number of carbonyl (C=O) groups excluding carboxylic acids is 1. The van der Waals surface area contributed by atoms with Crippen molar-refractivity contribution in [2.24, 2.45) is 0 Å². The molecule has 0 saturated carbocycles. The maximum absolute atomic E-state index is 10.8. The molecule has 0 amide bonds. The molecule has 6 nitrogen and oxygen atoms in total. The van der Waals surface area contributed by atoms with E-state index in [1.807, 2.05) is 0 Å². The zero-order chi connectivity index (χ0) is 11.4. The van der Waals surface area contributed by atoms with Crippen LogP contribution in [0.15, 0.2) is 12.1 Å². The quantitative estimate of drug-likeness (QED) is 0.478. The summed E-state index contributed by atoms with van der Waals surface area (Å²) in [6.07, 6.45) is -1.25. The maximum Gasteiger partial charge on any atom is 0.324 e. The van der Waals surface area contributed by atoms with Crippen LogP contribution in [-0.4, -0.2) is 23.1 Å². The van der Waals surface area contributed by atoms with Crippen molar-refractivity contribution in [1.82, 2.24) is 0 Å². The first-order chi connectivity index (χ1) is 7.04. The molecule has 1 atom stereocenters. The monoisotopic (exact) mass is 231 g/mol. The summed E-state index contributed by atoms with van der Waals surface area (Å²) < 4.78 is 4.37. The number of aliphatic hydroxyl groups excluding tert-OH is 1. The third-order valence-corrected chi connectivity index (χ3v) is 2.85. The molecule has 0 aliphatic rings. The van der Waals surface area contributed by atoms with Gasteiger partial charge in [-0.1, -0.05) is 11.3 Å². The number of thiophene rings is 1. The lowest BCUT2D eigenvalue weighted by atomic mass is 10.2. The van der Waals surface area contributed by atoms with E-state index in [0.717, 1.165) is 11.3 Å². The van der Waals surface area contributed by atoms with E-state index < -0.39 is 17.0 Å². The fourth-order valence-electron chi connectivity index (χ4n) is 0.961. The van der Waals surface area contributed by atoms with Crippen LogP contribution in [0.4, 0.5) is 5.00 Å². The highest BCUT2D eigenvalue weighted by Crippen LogP contribution is 2.30. The highest BCUT2D eigenvalue weighted by atomic mass is 32.1. The molecule has 1 rings (SSSR count). The number of aliphatic hydroxyl groups is 1. The predicted octanol–water partition coefficient (Wildman–Crippen LogP) is 1.25. The molecule has 0 unspecified atom stereocenters. The van der Waals surface area contributed by atoms with Gasteiger partial charge in [0.15, 0.2) is 0 Å².